The molecule has 0 atom stereocenters. The third kappa shape index (κ3) is 8.10. The predicted molar refractivity (Wildman–Crippen MR) is 107 cm³/mol. The van der Waals surface area contributed by atoms with Crippen LogP contribution < -0.4 is 5.32 Å². The summed E-state index contributed by atoms with van der Waals surface area (Å²) >= 11 is 0. The highest BCUT2D eigenvalue weighted by Crippen LogP contribution is 2.16. The van der Waals surface area contributed by atoms with E-state index >= 15 is 0 Å². The summed E-state index contributed by atoms with van der Waals surface area (Å²) in [4.78, 5) is 20.2. The first kappa shape index (κ1) is 23.8. The highest BCUT2D eigenvalue weighted by Gasteiger charge is 2.27. The number of aliphatic imine (C=N–C) groups is 1. The number of nitrogens with zero attached hydrogens (tertiary/aromatic N) is 3. The van der Waals surface area contributed by atoms with Gasteiger partial charge in [-0.1, -0.05) is 24.3 Å². The number of alkyl halides is 3. The van der Waals surface area contributed by atoms with E-state index in [1.807, 2.05) is 13.0 Å². The molecule has 1 aromatic rings. The molecule has 1 amide bonds. The van der Waals surface area contributed by atoms with E-state index in [2.05, 4.69) is 15.2 Å². The monoisotopic (exact) mass is 430 g/mol. The van der Waals surface area contributed by atoms with Crippen LogP contribution in [0.3, 0.4) is 0 Å². The Morgan fingerprint density at radius 1 is 1.13 bits per heavy atom. The standard InChI is InChI=1S/C20H29F3N4O3/c1-3-24-18(26-8-10-27(11-9-26)19(28)30-4-2)25-13-16-6-5-7-17(12-16)14-29-15-20(21,22)23/h5-7,12H,3-4,8-11,13-15H2,1-2H3,(H,24,25). The van der Waals surface area contributed by atoms with Crippen molar-refractivity contribution in [3.63, 3.8) is 0 Å². The third-order valence-electron chi connectivity index (χ3n) is 4.38. The zero-order valence-electron chi connectivity index (χ0n) is 17.4. The van der Waals surface area contributed by atoms with Crippen LogP contribution in [0.15, 0.2) is 29.3 Å². The van der Waals surface area contributed by atoms with Gasteiger partial charge in [-0.15, -0.1) is 0 Å². The highest BCUT2D eigenvalue weighted by molar-refractivity contribution is 5.80. The fourth-order valence-corrected chi connectivity index (χ4v) is 3.01. The second-order valence-corrected chi connectivity index (χ2v) is 6.77. The van der Waals surface area contributed by atoms with Crippen LogP contribution in [0.2, 0.25) is 0 Å². The van der Waals surface area contributed by atoms with Gasteiger partial charge in [-0.05, 0) is 25.0 Å². The first-order valence-corrected chi connectivity index (χ1v) is 9.99. The lowest BCUT2D eigenvalue weighted by atomic mass is 10.1. The van der Waals surface area contributed by atoms with E-state index in [1.165, 1.54) is 0 Å². The number of ether oxygens (including phenoxy) is 2. The number of halogens is 3. The van der Waals surface area contributed by atoms with E-state index in [0.29, 0.717) is 51.4 Å². The van der Waals surface area contributed by atoms with Crippen molar-refractivity contribution in [2.45, 2.75) is 33.2 Å². The molecular formula is C20H29F3N4O3. The summed E-state index contributed by atoms with van der Waals surface area (Å²) < 4.78 is 46.4. The van der Waals surface area contributed by atoms with Crippen molar-refractivity contribution in [1.29, 1.82) is 0 Å². The second kappa shape index (κ2) is 11.6. The average Bonchev–Trinajstić information content (AvgIpc) is 2.71. The number of piperazine rings is 1. The number of amides is 1. The molecule has 0 radical (unpaired) electrons. The van der Waals surface area contributed by atoms with Crippen molar-refractivity contribution in [3.05, 3.63) is 35.4 Å². The van der Waals surface area contributed by atoms with Gasteiger partial charge in [0.15, 0.2) is 5.96 Å². The number of carbonyl (C=O) groups excluding carboxylic acids is 1. The second-order valence-electron chi connectivity index (χ2n) is 6.77. The van der Waals surface area contributed by atoms with E-state index in [4.69, 9.17) is 9.47 Å². The Hall–Kier alpha value is -2.49. The Labute approximate surface area is 174 Å². The van der Waals surface area contributed by atoms with Gasteiger partial charge in [0.2, 0.25) is 0 Å². The smallest absolute Gasteiger partial charge is 0.411 e. The van der Waals surface area contributed by atoms with Crippen LogP contribution in [-0.4, -0.2) is 74.0 Å². The summed E-state index contributed by atoms with van der Waals surface area (Å²) in [6, 6.07) is 7.17. The number of guanidine groups is 1. The van der Waals surface area contributed by atoms with Crippen LogP contribution in [0, 0.1) is 0 Å². The first-order chi connectivity index (χ1) is 14.3. The maximum atomic E-state index is 12.2. The molecule has 1 heterocycles. The Kier molecular flexibility index (Phi) is 9.22. The number of hydrogen-bond donors (Lipinski definition) is 1. The zero-order chi connectivity index (χ0) is 22.0. The summed E-state index contributed by atoms with van der Waals surface area (Å²) in [6.45, 7) is 6.19. The molecule has 1 saturated heterocycles. The van der Waals surface area contributed by atoms with Crippen LogP contribution in [0.4, 0.5) is 18.0 Å². The molecule has 10 heteroatoms. The van der Waals surface area contributed by atoms with Gasteiger partial charge < -0.3 is 24.6 Å². The summed E-state index contributed by atoms with van der Waals surface area (Å²) in [5.41, 5.74) is 1.55. The Morgan fingerprint density at radius 3 is 2.43 bits per heavy atom. The van der Waals surface area contributed by atoms with Crippen molar-refractivity contribution in [2.75, 3.05) is 45.9 Å². The number of nitrogens with one attached hydrogen (secondary N) is 1. The summed E-state index contributed by atoms with van der Waals surface area (Å²) in [5.74, 6) is 0.736. The van der Waals surface area contributed by atoms with Crippen molar-refractivity contribution >= 4 is 12.1 Å². The molecule has 0 bridgehead atoms. The molecule has 0 aromatic heterocycles. The van der Waals surface area contributed by atoms with Gasteiger partial charge in [0, 0.05) is 32.7 Å². The quantitative estimate of drug-likeness (QED) is 0.532. The Morgan fingerprint density at radius 2 is 1.80 bits per heavy atom. The van der Waals surface area contributed by atoms with Crippen molar-refractivity contribution < 1.29 is 27.4 Å². The largest absolute Gasteiger partial charge is 0.450 e. The summed E-state index contributed by atoms with van der Waals surface area (Å²) in [7, 11) is 0. The third-order valence-corrected chi connectivity index (χ3v) is 4.38. The minimum atomic E-state index is -4.33. The molecule has 1 fully saturated rings. The lowest BCUT2D eigenvalue weighted by Crippen LogP contribution is -2.53. The van der Waals surface area contributed by atoms with Crippen LogP contribution in [-0.2, 0) is 22.6 Å². The molecule has 168 valence electrons. The van der Waals surface area contributed by atoms with Gasteiger partial charge in [0.25, 0.3) is 0 Å². The Bertz CT molecular complexity index is 705. The van der Waals surface area contributed by atoms with Crippen molar-refractivity contribution in [1.82, 2.24) is 15.1 Å². The van der Waals surface area contributed by atoms with Gasteiger partial charge in [-0.2, -0.15) is 13.2 Å². The van der Waals surface area contributed by atoms with Crippen LogP contribution in [0.1, 0.15) is 25.0 Å². The maximum absolute atomic E-state index is 12.2. The molecule has 0 spiro atoms. The van der Waals surface area contributed by atoms with Gasteiger partial charge in [0.1, 0.15) is 6.61 Å². The Balaban J connectivity index is 1.93. The minimum absolute atomic E-state index is 0.104. The van der Waals surface area contributed by atoms with E-state index in [0.717, 1.165) is 11.5 Å². The molecule has 0 saturated carbocycles. The van der Waals surface area contributed by atoms with E-state index in [-0.39, 0.29) is 12.7 Å². The first-order valence-electron chi connectivity index (χ1n) is 9.99. The molecular weight excluding hydrogens is 401 g/mol. The van der Waals surface area contributed by atoms with Gasteiger partial charge in [-0.25, -0.2) is 9.79 Å². The van der Waals surface area contributed by atoms with Gasteiger partial charge >= 0.3 is 12.3 Å². The minimum Gasteiger partial charge on any atom is -0.450 e. The summed E-state index contributed by atoms with van der Waals surface area (Å²) in [5, 5.41) is 3.25. The van der Waals surface area contributed by atoms with Gasteiger partial charge in [0.05, 0.1) is 19.8 Å². The van der Waals surface area contributed by atoms with E-state index in [1.54, 1.807) is 30.0 Å². The SMILES string of the molecule is CCNC(=NCc1cccc(COCC(F)(F)F)c1)N1CCN(C(=O)OCC)CC1. The van der Waals surface area contributed by atoms with E-state index < -0.39 is 12.8 Å². The molecule has 0 aliphatic carbocycles. The summed E-state index contributed by atoms with van der Waals surface area (Å²) in [6.07, 6.45) is -4.64. The fourth-order valence-electron chi connectivity index (χ4n) is 3.01. The molecule has 30 heavy (non-hydrogen) atoms. The topological polar surface area (TPSA) is 66.4 Å². The molecule has 0 unspecified atom stereocenters. The maximum Gasteiger partial charge on any atom is 0.411 e. The lowest BCUT2D eigenvalue weighted by molar-refractivity contribution is -0.176. The van der Waals surface area contributed by atoms with Crippen molar-refractivity contribution in [2.24, 2.45) is 4.99 Å². The van der Waals surface area contributed by atoms with Crippen molar-refractivity contribution in [3.8, 4) is 0 Å². The normalized spacial score (nSPS) is 15.3. The van der Waals surface area contributed by atoms with Crippen LogP contribution in [0.5, 0.6) is 0 Å². The predicted octanol–water partition coefficient (Wildman–Crippen LogP) is 3.01. The van der Waals surface area contributed by atoms with Crippen LogP contribution in [0.25, 0.3) is 0 Å². The molecule has 1 aliphatic heterocycles. The number of rotatable bonds is 7. The van der Waals surface area contributed by atoms with E-state index in [9.17, 15) is 18.0 Å². The van der Waals surface area contributed by atoms with Gasteiger partial charge in [-0.3, -0.25) is 0 Å². The molecule has 7 nitrogen and oxygen atoms in total. The average molecular weight is 430 g/mol. The fraction of sp³-hybridized carbons (Fsp3) is 0.600. The molecule has 1 N–H and O–H groups in total. The lowest BCUT2D eigenvalue weighted by Gasteiger charge is -2.35. The number of carbonyl (C=O) groups is 1. The molecule has 2 rings (SSSR count). The van der Waals surface area contributed by atoms with Crippen LogP contribution >= 0.6 is 0 Å². The highest BCUT2D eigenvalue weighted by atomic mass is 19.4. The number of hydrogen-bond acceptors (Lipinski definition) is 4. The molecule has 1 aliphatic rings. The zero-order valence-corrected chi connectivity index (χ0v) is 17.4. The number of benzene rings is 1. The molecule has 1 aromatic carbocycles.